The van der Waals surface area contributed by atoms with Crippen LogP contribution in [0.25, 0.3) is 0 Å². The third-order valence-electron chi connectivity index (χ3n) is 7.93. The summed E-state index contributed by atoms with van der Waals surface area (Å²) in [6.45, 7) is 3.56. The summed E-state index contributed by atoms with van der Waals surface area (Å²) in [7, 11) is 0. The Morgan fingerprint density at radius 2 is 0.517 bits per heavy atom. The Labute approximate surface area is 435 Å². The fourth-order valence-corrected chi connectivity index (χ4v) is 5.28. The molecule has 8 saturated carbocycles. The Kier molecular flexibility index (Phi) is 44.4. The summed E-state index contributed by atoms with van der Waals surface area (Å²) in [5, 5.41) is 0. The van der Waals surface area contributed by atoms with Gasteiger partial charge in [0.05, 0.1) is 26.2 Å². The Bertz CT molecular complexity index is 955. The maximum atomic E-state index is 3.32. The van der Waals surface area contributed by atoms with Gasteiger partial charge in [-0.15, -0.1) is 0 Å². The molecule has 10 rings (SSSR count). The van der Waals surface area contributed by atoms with Crippen LogP contribution < -0.4 is 21.5 Å². The van der Waals surface area contributed by atoms with E-state index in [4.69, 9.17) is 0 Å². The second kappa shape index (κ2) is 41.9. The number of hydrogen-bond donors (Lipinski definition) is 0. The third kappa shape index (κ3) is 29.2. The van der Waals surface area contributed by atoms with Gasteiger partial charge in [-0.25, -0.2) is 0 Å². The van der Waals surface area contributed by atoms with Crippen molar-refractivity contribution in [3.8, 4) is 0 Å². The minimum Gasteiger partial charge on any atom is -1.00 e. The molecule has 8 aliphatic rings. The zero-order chi connectivity index (χ0) is 37.1. The topological polar surface area (TPSA) is 17.6 Å². The van der Waals surface area contributed by atoms with Gasteiger partial charge in [0.15, 0.2) is 0 Å². The molecule has 60 heavy (non-hydrogen) atoms. The van der Waals surface area contributed by atoms with Crippen molar-refractivity contribution in [3.05, 3.63) is 292 Å². The van der Waals surface area contributed by atoms with E-state index in [1.54, 1.807) is 0 Å². The van der Waals surface area contributed by atoms with Crippen LogP contribution in [0.3, 0.4) is 0 Å². The average Bonchev–Trinajstić information content (AvgIpc) is 4.02. The zero-order valence-electron chi connectivity index (χ0n) is 32.8. The minimum absolute atomic E-state index is 0. The molecule has 0 spiro atoms. The van der Waals surface area contributed by atoms with Crippen molar-refractivity contribution in [1.82, 2.24) is 9.13 Å². The van der Waals surface area contributed by atoms with Crippen LogP contribution >= 0.6 is 0 Å². The smallest absolute Gasteiger partial charge is 1.00 e. The van der Waals surface area contributed by atoms with Crippen molar-refractivity contribution in [2.24, 2.45) is 0 Å². The van der Waals surface area contributed by atoms with Gasteiger partial charge in [0.1, 0.15) is 0 Å². The summed E-state index contributed by atoms with van der Waals surface area (Å²) in [5.41, 5.74) is 0. The van der Waals surface area contributed by atoms with Gasteiger partial charge in [0.2, 0.25) is 12.7 Å². The predicted octanol–water partition coefficient (Wildman–Crippen LogP) is 3.85. The standard InChI is InChI=1S/2C15H14N2.4C5H5.Au.ClH.4Fe/c2*1-2-6-14(5-1)11-16-9-10-17(13-16)12-15-7-3-4-8-15;4*1-2-4-5-3-1;;;;;;/h2*1-10H,11-12H2;4*1-5H;;1H;;;;/q;;;;;;+1;;4*+2/p-1. The van der Waals surface area contributed by atoms with Crippen LogP contribution in [0.5, 0.6) is 0 Å². The summed E-state index contributed by atoms with van der Waals surface area (Å²) in [6, 6.07) is 0. The third-order valence-corrected chi connectivity index (χ3v) is 7.93. The van der Waals surface area contributed by atoms with Crippen molar-refractivity contribution in [2.45, 2.75) is 26.2 Å². The first-order valence-electron chi connectivity index (χ1n) is 18.2. The van der Waals surface area contributed by atoms with Crippen molar-refractivity contribution in [2.75, 3.05) is 0 Å². The monoisotopic (exact) mass is 1160 g/mol. The van der Waals surface area contributed by atoms with E-state index < -0.39 is 0 Å². The number of halogens is 1. The zero-order valence-corrected chi connectivity index (χ0v) is 40.1. The summed E-state index contributed by atoms with van der Waals surface area (Å²) < 4.78 is 8.33. The molecule has 0 bridgehead atoms. The van der Waals surface area contributed by atoms with Crippen molar-refractivity contribution >= 4 is 0 Å². The fourth-order valence-electron chi connectivity index (χ4n) is 5.28. The van der Waals surface area contributed by atoms with Crippen molar-refractivity contribution < 1.29 is 112 Å². The fraction of sp³-hybridized carbons (Fsp3) is 0.0800. The van der Waals surface area contributed by atoms with Crippen LogP contribution in [-0.2, 0) is 117 Å². The molecule has 0 aromatic carbocycles. The van der Waals surface area contributed by atoms with Gasteiger partial charge in [-0.1, -0.05) is 0 Å². The molecule has 8 aliphatic carbocycles. The van der Waals surface area contributed by atoms with Gasteiger partial charge < -0.3 is 30.7 Å². The number of rotatable bonds is 8. The quantitative estimate of drug-likeness (QED) is 0.218. The predicted molar refractivity (Wildman–Crippen MR) is 215 cm³/mol. The van der Waals surface area contributed by atoms with Gasteiger partial charge >= 0.3 is 90.7 Å². The SMILES string of the molecule is [Au+].[CH]1[CH][CH][CH][CH]1.[CH]1[CH][CH][CH][CH]1.[CH]1[CH][CH][CH][CH]1.[CH]1[CH][CH][CH][CH]1.[Cl-].[Fe+2].[Fe+2].[Fe+2].[Fe+2].[c-]1n(C[C]2[CH][CH][CH][CH]2)cc[n+]1C[C]1[CH][CH][CH][CH]1.[c-]1n(C[C]2[CH][CH][CH][CH]2)cc[n+]1C[C]1[CH][CH][CH][CH]1. The van der Waals surface area contributed by atoms with Crippen LogP contribution in [-0.4, -0.2) is 9.13 Å². The maximum absolute atomic E-state index is 3.32. The molecule has 4 nitrogen and oxygen atoms in total. The molecule has 310 valence electrons. The van der Waals surface area contributed by atoms with Gasteiger partial charge in [-0.05, 0) is 256 Å². The van der Waals surface area contributed by atoms with Crippen molar-refractivity contribution in [1.29, 1.82) is 0 Å². The van der Waals surface area contributed by atoms with Gasteiger partial charge in [-0.3, -0.25) is 0 Å². The van der Waals surface area contributed by atoms with Crippen LogP contribution in [0, 0.1) is 267 Å². The van der Waals surface area contributed by atoms with Crippen LogP contribution in [0.15, 0.2) is 24.8 Å². The van der Waals surface area contributed by atoms with Gasteiger partial charge in [0, 0.05) is 23.7 Å². The van der Waals surface area contributed by atoms with Gasteiger partial charge in [-0.2, -0.15) is 0 Å². The van der Waals surface area contributed by atoms with Gasteiger partial charge in [0.25, 0.3) is 0 Å². The molecule has 8 fully saturated rings. The van der Waals surface area contributed by atoms with Crippen LogP contribution in [0.2, 0.25) is 0 Å². The molecule has 2 aromatic rings. The van der Waals surface area contributed by atoms with E-state index in [-0.39, 0.29) is 103 Å². The molecule has 0 saturated heterocycles. The number of imidazole rings is 2. The molecule has 0 unspecified atom stereocenters. The summed E-state index contributed by atoms with van der Waals surface area (Å²) >= 11 is 0. The van der Waals surface area contributed by atoms with Crippen LogP contribution in [0.1, 0.15) is 0 Å². The first-order valence-corrected chi connectivity index (χ1v) is 18.2. The van der Waals surface area contributed by atoms with Crippen molar-refractivity contribution in [3.63, 3.8) is 0 Å². The summed E-state index contributed by atoms with van der Waals surface area (Å²) in [6.07, 6.45) is 88.5. The Morgan fingerprint density at radius 3 is 0.733 bits per heavy atom. The van der Waals surface area contributed by atoms with E-state index in [0.717, 1.165) is 26.2 Å². The number of hydrogen-bond acceptors (Lipinski definition) is 0. The molecule has 40 radical (unpaired) electrons. The molecule has 0 amide bonds. The first kappa shape index (κ1) is 63.6. The molecular weight excluding hydrogens is 1110 g/mol. The Morgan fingerprint density at radius 1 is 0.317 bits per heavy atom. The molecule has 2 heterocycles. The van der Waals surface area contributed by atoms with E-state index in [9.17, 15) is 0 Å². The molecule has 0 N–H and O–H groups in total. The van der Waals surface area contributed by atoms with E-state index in [1.807, 2.05) is 128 Å². The molecule has 0 aliphatic heterocycles. The Balaban J connectivity index is 0. The summed E-state index contributed by atoms with van der Waals surface area (Å²) in [4.78, 5) is 0. The number of aromatic nitrogens is 4. The normalized spacial score (nSPS) is 20.8. The molecule has 10 heteroatoms. The molecule has 2 aromatic heterocycles. The van der Waals surface area contributed by atoms with E-state index in [1.165, 1.54) is 23.7 Å². The Hall–Kier alpha value is 1.53. The average molecular weight is 1160 g/mol. The molecule has 0 atom stereocenters. The van der Waals surface area contributed by atoms with E-state index >= 15 is 0 Å². The second-order valence-corrected chi connectivity index (χ2v) is 12.3. The van der Waals surface area contributed by atoms with Crippen LogP contribution in [0.4, 0.5) is 0 Å². The first-order chi connectivity index (χ1) is 26.8. The van der Waals surface area contributed by atoms with E-state index in [0.29, 0.717) is 0 Å². The maximum Gasteiger partial charge on any atom is 2.00 e. The van der Waals surface area contributed by atoms with E-state index in [2.05, 4.69) is 158 Å². The number of nitrogens with zero attached hydrogens (tertiary/aromatic N) is 4. The molecular formula is C50H48AuClFe4N4+8. The largest absolute Gasteiger partial charge is 2.00 e. The minimum atomic E-state index is 0. The second-order valence-electron chi connectivity index (χ2n) is 12.3. The summed E-state index contributed by atoms with van der Waals surface area (Å²) in [5.74, 6) is 5.27.